The third-order valence-corrected chi connectivity index (χ3v) is 1.09. The normalized spacial score (nSPS) is 12.1. The molecule has 0 N–H and O–H groups in total. The van der Waals surface area contributed by atoms with Crippen molar-refractivity contribution >= 4 is 0 Å². The van der Waals surface area contributed by atoms with Gasteiger partial charge in [-0.15, -0.1) is 0 Å². The Morgan fingerprint density at radius 2 is 2.22 bits per heavy atom. The Balaban J connectivity index is 3.07. The van der Waals surface area contributed by atoms with Crippen LogP contribution in [0.1, 0.15) is 27.2 Å². The molecule has 53 valence electrons. The van der Waals surface area contributed by atoms with Crippen molar-refractivity contribution < 1.29 is 4.74 Å². The summed E-state index contributed by atoms with van der Waals surface area (Å²) in [6, 6.07) is 0. The summed E-state index contributed by atoms with van der Waals surface area (Å²) in [5.74, 6) is 0. The van der Waals surface area contributed by atoms with E-state index in [1.165, 1.54) is 5.57 Å². The topological polar surface area (TPSA) is 9.23 Å². The first kappa shape index (κ1) is 8.70. The van der Waals surface area contributed by atoms with Gasteiger partial charge in [0.05, 0.1) is 13.2 Å². The van der Waals surface area contributed by atoms with E-state index in [1.807, 2.05) is 13.5 Å². The van der Waals surface area contributed by atoms with Crippen LogP contribution in [0.3, 0.4) is 0 Å². The van der Waals surface area contributed by atoms with Crippen molar-refractivity contribution in [2.75, 3.05) is 6.61 Å². The lowest BCUT2D eigenvalue weighted by Gasteiger charge is -1.99. The number of allylic oxidation sites excluding steroid dienone is 1. The van der Waals surface area contributed by atoms with Crippen LogP contribution in [0.25, 0.3) is 0 Å². The van der Waals surface area contributed by atoms with E-state index in [2.05, 4.69) is 19.9 Å². The van der Waals surface area contributed by atoms with Crippen LogP contribution in [-0.2, 0) is 4.74 Å². The van der Waals surface area contributed by atoms with Gasteiger partial charge >= 0.3 is 0 Å². The number of ether oxygens (including phenoxy) is 1. The van der Waals surface area contributed by atoms with Crippen LogP contribution in [0.4, 0.5) is 0 Å². The fourth-order valence-corrected chi connectivity index (χ4v) is 0.392. The second-order valence-corrected chi connectivity index (χ2v) is 2.02. The van der Waals surface area contributed by atoms with Crippen molar-refractivity contribution in [2.45, 2.75) is 27.2 Å². The molecule has 0 amide bonds. The minimum absolute atomic E-state index is 0.740. The highest BCUT2D eigenvalue weighted by atomic mass is 16.5. The Morgan fingerprint density at radius 1 is 1.56 bits per heavy atom. The van der Waals surface area contributed by atoms with Crippen molar-refractivity contribution in [1.82, 2.24) is 0 Å². The highest BCUT2D eigenvalue weighted by Crippen LogP contribution is 1.95. The molecule has 1 radical (unpaired) electrons. The van der Waals surface area contributed by atoms with Gasteiger partial charge in [0.1, 0.15) is 0 Å². The van der Waals surface area contributed by atoms with Crippen LogP contribution >= 0.6 is 0 Å². The van der Waals surface area contributed by atoms with Crippen molar-refractivity contribution in [2.24, 2.45) is 0 Å². The summed E-state index contributed by atoms with van der Waals surface area (Å²) in [7, 11) is 0. The molecule has 0 aromatic carbocycles. The highest BCUT2D eigenvalue weighted by molar-refractivity contribution is 4.95. The molecule has 0 saturated heterocycles. The Hall–Kier alpha value is -0.300. The van der Waals surface area contributed by atoms with Crippen LogP contribution in [-0.4, -0.2) is 6.61 Å². The smallest absolute Gasteiger partial charge is 0.0838 e. The van der Waals surface area contributed by atoms with Gasteiger partial charge in [-0.25, -0.2) is 0 Å². The highest BCUT2D eigenvalue weighted by Gasteiger charge is 1.85. The van der Waals surface area contributed by atoms with Gasteiger partial charge in [0.25, 0.3) is 0 Å². The molecule has 0 aliphatic rings. The quantitative estimate of drug-likeness (QED) is 0.416. The lowest BCUT2D eigenvalue weighted by molar-refractivity contribution is 0.220. The van der Waals surface area contributed by atoms with E-state index in [0.717, 1.165) is 13.0 Å². The van der Waals surface area contributed by atoms with Gasteiger partial charge in [-0.05, 0) is 20.3 Å². The second kappa shape index (κ2) is 5.83. The predicted molar refractivity (Wildman–Crippen MR) is 40.0 cm³/mol. The molecule has 0 bridgehead atoms. The van der Waals surface area contributed by atoms with Gasteiger partial charge in [0.2, 0.25) is 0 Å². The van der Waals surface area contributed by atoms with E-state index in [4.69, 9.17) is 4.74 Å². The zero-order valence-corrected chi connectivity index (χ0v) is 6.48. The molecular weight excluding hydrogens is 112 g/mol. The fraction of sp³-hybridized carbons (Fsp3) is 0.625. The molecular formula is C8H15O. The number of rotatable bonds is 4. The molecule has 0 heterocycles. The van der Waals surface area contributed by atoms with Gasteiger partial charge in [-0.3, -0.25) is 0 Å². The van der Waals surface area contributed by atoms with Crippen LogP contribution in [0.2, 0.25) is 0 Å². The summed E-state index contributed by atoms with van der Waals surface area (Å²) in [5, 5.41) is 0. The average molecular weight is 127 g/mol. The molecule has 1 heteroatoms. The Labute approximate surface area is 57.7 Å². The van der Waals surface area contributed by atoms with E-state index in [9.17, 15) is 0 Å². The third kappa shape index (κ3) is 5.57. The van der Waals surface area contributed by atoms with Gasteiger partial charge in [-0.2, -0.15) is 0 Å². The zero-order valence-electron chi connectivity index (χ0n) is 6.48. The summed E-state index contributed by atoms with van der Waals surface area (Å²) < 4.78 is 5.14. The van der Waals surface area contributed by atoms with E-state index in [-0.39, 0.29) is 0 Å². The Morgan fingerprint density at radius 3 is 2.67 bits per heavy atom. The molecule has 9 heavy (non-hydrogen) atoms. The molecule has 0 aromatic rings. The van der Waals surface area contributed by atoms with Crippen molar-refractivity contribution in [1.29, 1.82) is 0 Å². The van der Waals surface area contributed by atoms with Gasteiger partial charge < -0.3 is 4.74 Å². The van der Waals surface area contributed by atoms with E-state index >= 15 is 0 Å². The molecule has 0 fully saturated rings. The molecule has 0 saturated carbocycles. The summed E-state index contributed by atoms with van der Waals surface area (Å²) in [6.07, 6.45) is 3.04. The first-order valence-electron chi connectivity index (χ1n) is 3.36. The molecule has 0 aliphatic carbocycles. The molecule has 0 spiro atoms. The molecule has 0 rings (SSSR count). The average Bonchev–Trinajstić information content (AvgIpc) is 1.89. The van der Waals surface area contributed by atoms with Crippen LogP contribution in [0, 0.1) is 6.61 Å². The van der Waals surface area contributed by atoms with Gasteiger partial charge in [0.15, 0.2) is 0 Å². The van der Waals surface area contributed by atoms with E-state index in [1.54, 1.807) is 0 Å². The lowest BCUT2D eigenvalue weighted by atomic mass is 10.3. The monoisotopic (exact) mass is 127 g/mol. The van der Waals surface area contributed by atoms with E-state index < -0.39 is 0 Å². The minimum Gasteiger partial charge on any atom is -0.371 e. The SMILES string of the molecule is C/C=C(\C)CO[CH]CC. The van der Waals surface area contributed by atoms with E-state index in [0.29, 0.717) is 0 Å². The first-order valence-corrected chi connectivity index (χ1v) is 3.36. The van der Waals surface area contributed by atoms with Crippen LogP contribution < -0.4 is 0 Å². The maximum Gasteiger partial charge on any atom is 0.0838 e. The van der Waals surface area contributed by atoms with Gasteiger partial charge in [-0.1, -0.05) is 18.6 Å². The minimum atomic E-state index is 0.740. The Kier molecular flexibility index (Phi) is 5.64. The molecule has 1 nitrogen and oxygen atoms in total. The predicted octanol–water partition coefficient (Wildman–Crippen LogP) is 2.54. The number of hydrogen-bond acceptors (Lipinski definition) is 1. The second-order valence-electron chi connectivity index (χ2n) is 2.02. The largest absolute Gasteiger partial charge is 0.371 e. The fourth-order valence-electron chi connectivity index (χ4n) is 0.392. The molecule has 0 unspecified atom stereocenters. The van der Waals surface area contributed by atoms with Gasteiger partial charge in [0, 0.05) is 0 Å². The summed E-state index contributed by atoms with van der Waals surface area (Å²) in [6.45, 7) is 8.70. The summed E-state index contributed by atoms with van der Waals surface area (Å²) >= 11 is 0. The van der Waals surface area contributed by atoms with Crippen molar-refractivity contribution in [3.05, 3.63) is 18.3 Å². The van der Waals surface area contributed by atoms with Crippen molar-refractivity contribution in [3.8, 4) is 0 Å². The zero-order chi connectivity index (χ0) is 7.11. The summed E-state index contributed by atoms with van der Waals surface area (Å²) in [4.78, 5) is 0. The first-order chi connectivity index (χ1) is 4.31. The lowest BCUT2D eigenvalue weighted by Crippen LogP contribution is -1.91. The standard InChI is InChI=1S/C8H15O/c1-4-6-9-7-8(3)5-2/h5-6H,4,7H2,1-3H3/b8-5+. The number of hydrogen-bond donors (Lipinski definition) is 0. The Bertz CT molecular complexity index is 84.6. The summed E-state index contributed by atoms with van der Waals surface area (Å²) in [5.41, 5.74) is 1.28. The molecule has 0 aliphatic heterocycles. The maximum absolute atomic E-state index is 5.14. The molecule has 0 aromatic heterocycles. The third-order valence-electron chi connectivity index (χ3n) is 1.09. The molecule has 0 atom stereocenters. The maximum atomic E-state index is 5.14. The van der Waals surface area contributed by atoms with Crippen LogP contribution in [0.15, 0.2) is 11.6 Å². The van der Waals surface area contributed by atoms with Crippen LogP contribution in [0.5, 0.6) is 0 Å². The van der Waals surface area contributed by atoms with Crippen molar-refractivity contribution in [3.63, 3.8) is 0 Å².